The van der Waals surface area contributed by atoms with E-state index >= 15 is 0 Å². The molecule has 0 saturated carbocycles. The number of nitrogens with zero attached hydrogens (tertiary/aromatic N) is 3. The van der Waals surface area contributed by atoms with Crippen LogP contribution in [0.2, 0.25) is 0 Å². The number of piperidine rings is 1. The lowest BCUT2D eigenvalue weighted by atomic mass is 10.1. The Labute approximate surface area is 131 Å². The van der Waals surface area contributed by atoms with Crippen LogP contribution in [0.15, 0.2) is 24.5 Å². The topological polar surface area (TPSA) is 49.6 Å². The highest BCUT2D eigenvalue weighted by molar-refractivity contribution is 5.92. The number of likely N-dealkylation sites (tertiary alicyclic amines) is 1. The van der Waals surface area contributed by atoms with Crippen molar-refractivity contribution in [2.75, 3.05) is 26.2 Å². The van der Waals surface area contributed by atoms with Crippen LogP contribution in [0.1, 0.15) is 41.7 Å². The van der Waals surface area contributed by atoms with E-state index in [1.807, 2.05) is 29.7 Å². The van der Waals surface area contributed by atoms with Crippen molar-refractivity contribution in [1.29, 1.82) is 0 Å². The first-order valence-electron chi connectivity index (χ1n) is 8.18. The van der Waals surface area contributed by atoms with Gasteiger partial charge in [-0.05, 0) is 63.5 Å². The molecule has 0 bridgehead atoms. The molecule has 2 aromatic rings. The number of nitrogens with one attached hydrogen (secondary N) is 1. The lowest BCUT2D eigenvalue weighted by Crippen LogP contribution is -2.33. The van der Waals surface area contributed by atoms with E-state index in [1.54, 1.807) is 6.20 Å². The van der Waals surface area contributed by atoms with E-state index in [0.717, 1.165) is 24.2 Å². The smallest absolute Gasteiger partial charge is 0.271 e. The molecule has 1 aliphatic heterocycles. The number of amides is 1. The summed E-state index contributed by atoms with van der Waals surface area (Å²) in [5, 5.41) is 2.97. The number of carbonyl (C=O) groups is 1. The summed E-state index contributed by atoms with van der Waals surface area (Å²) in [5.74, 6) is -0.0833. The van der Waals surface area contributed by atoms with E-state index < -0.39 is 0 Å². The standard InChI is InChI=1S/C17H24N4O/c1-14-6-11-21-13-15(19-16(21)12-14)17(22)18-7-5-10-20-8-3-2-4-9-20/h6,11-13H,2-5,7-10H2,1H3,(H,18,22). The molecule has 118 valence electrons. The Morgan fingerprint density at radius 3 is 2.95 bits per heavy atom. The van der Waals surface area contributed by atoms with Crippen molar-refractivity contribution in [3.8, 4) is 0 Å². The number of aromatic nitrogens is 2. The van der Waals surface area contributed by atoms with Gasteiger partial charge in [0.1, 0.15) is 11.3 Å². The van der Waals surface area contributed by atoms with E-state index in [-0.39, 0.29) is 5.91 Å². The van der Waals surface area contributed by atoms with Crippen LogP contribution >= 0.6 is 0 Å². The highest BCUT2D eigenvalue weighted by atomic mass is 16.1. The first kappa shape index (κ1) is 15.0. The molecule has 3 heterocycles. The molecule has 1 fully saturated rings. The molecular weight excluding hydrogens is 276 g/mol. The SMILES string of the molecule is Cc1ccn2cc(C(=O)NCCCN3CCCCC3)nc2c1. The maximum absolute atomic E-state index is 12.1. The molecule has 0 atom stereocenters. The Morgan fingerprint density at radius 2 is 2.14 bits per heavy atom. The molecule has 0 aliphatic carbocycles. The normalized spacial score (nSPS) is 16.0. The van der Waals surface area contributed by atoms with Gasteiger partial charge in [-0.2, -0.15) is 0 Å². The maximum Gasteiger partial charge on any atom is 0.271 e. The number of rotatable bonds is 5. The monoisotopic (exact) mass is 300 g/mol. The second kappa shape index (κ2) is 6.92. The molecule has 3 rings (SSSR count). The van der Waals surface area contributed by atoms with E-state index in [4.69, 9.17) is 0 Å². The fourth-order valence-corrected chi connectivity index (χ4v) is 2.97. The third kappa shape index (κ3) is 3.65. The average molecular weight is 300 g/mol. The number of pyridine rings is 1. The predicted octanol–water partition coefficient (Wildman–Crippen LogP) is 2.25. The summed E-state index contributed by atoms with van der Waals surface area (Å²) in [4.78, 5) is 19.0. The average Bonchev–Trinajstić information content (AvgIpc) is 2.95. The summed E-state index contributed by atoms with van der Waals surface area (Å²) in [6, 6.07) is 3.99. The molecule has 5 heteroatoms. The Kier molecular flexibility index (Phi) is 4.73. The summed E-state index contributed by atoms with van der Waals surface area (Å²) < 4.78 is 1.88. The number of fused-ring (bicyclic) bond motifs is 1. The summed E-state index contributed by atoms with van der Waals surface area (Å²) in [5.41, 5.74) is 2.45. The zero-order chi connectivity index (χ0) is 15.4. The molecule has 0 aromatic carbocycles. The highest BCUT2D eigenvalue weighted by Crippen LogP contribution is 2.09. The fourth-order valence-electron chi connectivity index (χ4n) is 2.97. The van der Waals surface area contributed by atoms with E-state index in [1.165, 1.54) is 32.4 Å². The van der Waals surface area contributed by atoms with Crippen molar-refractivity contribution >= 4 is 11.6 Å². The van der Waals surface area contributed by atoms with Gasteiger partial charge in [0.2, 0.25) is 0 Å². The lowest BCUT2D eigenvalue weighted by Gasteiger charge is -2.26. The van der Waals surface area contributed by atoms with Crippen LogP contribution in [-0.2, 0) is 0 Å². The maximum atomic E-state index is 12.1. The van der Waals surface area contributed by atoms with Crippen molar-refractivity contribution in [2.45, 2.75) is 32.6 Å². The molecule has 2 aromatic heterocycles. The minimum Gasteiger partial charge on any atom is -0.351 e. The summed E-state index contributed by atoms with van der Waals surface area (Å²) in [6.07, 6.45) is 8.71. The van der Waals surface area contributed by atoms with Gasteiger partial charge in [-0.1, -0.05) is 6.42 Å². The van der Waals surface area contributed by atoms with Gasteiger partial charge in [0.15, 0.2) is 0 Å². The number of imidazole rings is 1. The molecule has 0 radical (unpaired) electrons. The molecular formula is C17H24N4O. The van der Waals surface area contributed by atoms with Gasteiger partial charge < -0.3 is 14.6 Å². The van der Waals surface area contributed by atoms with Crippen LogP contribution in [-0.4, -0.2) is 46.4 Å². The molecule has 5 nitrogen and oxygen atoms in total. The highest BCUT2D eigenvalue weighted by Gasteiger charge is 2.12. The number of aryl methyl sites for hydroxylation is 1. The molecule has 1 aliphatic rings. The predicted molar refractivity (Wildman–Crippen MR) is 87.2 cm³/mol. The van der Waals surface area contributed by atoms with Gasteiger partial charge in [-0.3, -0.25) is 4.79 Å². The molecule has 0 spiro atoms. The molecule has 0 unspecified atom stereocenters. The second-order valence-electron chi connectivity index (χ2n) is 6.11. The number of hydrogen-bond donors (Lipinski definition) is 1. The van der Waals surface area contributed by atoms with Gasteiger partial charge in [0.05, 0.1) is 0 Å². The van der Waals surface area contributed by atoms with Crippen LogP contribution in [0, 0.1) is 6.92 Å². The van der Waals surface area contributed by atoms with Gasteiger partial charge in [0.25, 0.3) is 5.91 Å². The Balaban J connectivity index is 1.48. The van der Waals surface area contributed by atoms with E-state index in [9.17, 15) is 4.79 Å². The minimum atomic E-state index is -0.0833. The fraction of sp³-hybridized carbons (Fsp3) is 0.529. The third-order valence-corrected chi connectivity index (χ3v) is 4.23. The third-order valence-electron chi connectivity index (χ3n) is 4.23. The van der Waals surface area contributed by atoms with Crippen molar-refractivity contribution in [2.24, 2.45) is 0 Å². The minimum absolute atomic E-state index is 0.0833. The quantitative estimate of drug-likeness (QED) is 0.862. The second-order valence-corrected chi connectivity index (χ2v) is 6.11. The molecule has 1 amide bonds. The lowest BCUT2D eigenvalue weighted by molar-refractivity contribution is 0.0946. The first-order valence-corrected chi connectivity index (χ1v) is 8.18. The zero-order valence-corrected chi connectivity index (χ0v) is 13.2. The number of hydrogen-bond acceptors (Lipinski definition) is 3. The van der Waals surface area contributed by atoms with Crippen molar-refractivity contribution in [3.63, 3.8) is 0 Å². The first-order chi connectivity index (χ1) is 10.7. The van der Waals surface area contributed by atoms with Crippen LogP contribution in [0.5, 0.6) is 0 Å². The molecule has 1 N–H and O–H groups in total. The van der Waals surface area contributed by atoms with E-state index in [2.05, 4.69) is 15.2 Å². The van der Waals surface area contributed by atoms with Gasteiger partial charge >= 0.3 is 0 Å². The van der Waals surface area contributed by atoms with Gasteiger partial charge in [-0.15, -0.1) is 0 Å². The Bertz CT molecular complexity index is 643. The molecule has 22 heavy (non-hydrogen) atoms. The molecule has 1 saturated heterocycles. The van der Waals surface area contributed by atoms with Crippen LogP contribution in [0.3, 0.4) is 0 Å². The Hall–Kier alpha value is -1.88. The van der Waals surface area contributed by atoms with Gasteiger partial charge in [-0.25, -0.2) is 4.98 Å². The largest absolute Gasteiger partial charge is 0.351 e. The summed E-state index contributed by atoms with van der Waals surface area (Å²) in [7, 11) is 0. The summed E-state index contributed by atoms with van der Waals surface area (Å²) >= 11 is 0. The number of carbonyl (C=O) groups excluding carboxylic acids is 1. The van der Waals surface area contributed by atoms with Crippen molar-refractivity contribution in [1.82, 2.24) is 19.6 Å². The van der Waals surface area contributed by atoms with Gasteiger partial charge in [0, 0.05) is 18.9 Å². The van der Waals surface area contributed by atoms with Crippen LogP contribution < -0.4 is 5.32 Å². The summed E-state index contributed by atoms with van der Waals surface area (Å²) in [6.45, 7) is 6.22. The van der Waals surface area contributed by atoms with Crippen molar-refractivity contribution in [3.05, 3.63) is 35.8 Å². The Morgan fingerprint density at radius 1 is 1.32 bits per heavy atom. The van der Waals surface area contributed by atoms with Crippen LogP contribution in [0.4, 0.5) is 0 Å². The van der Waals surface area contributed by atoms with Crippen LogP contribution in [0.25, 0.3) is 5.65 Å². The zero-order valence-electron chi connectivity index (χ0n) is 13.2. The van der Waals surface area contributed by atoms with E-state index in [0.29, 0.717) is 12.2 Å². The van der Waals surface area contributed by atoms with Crippen molar-refractivity contribution < 1.29 is 4.79 Å².